The number of carbonyl (C=O) groups excluding carboxylic acids is 2. The third-order valence-corrected chi connectivity index (χ3v) is 10.6. The molecule has 0 unspecified atom stereocenters. The molecular formula is C19H18O4S. The Morgan fingerprint density at radius 3 is 2.21 bits per heavy atom. The monoisotopic (exact) mass is 342 g/mol. The molecule has 0 aromatic heterocycles. The second-order valence-corrected chi connectivity index (χ2v) is 10.6. The minimum absolute atomic E-state index is 0.0402. The minimum atomic E-state index is -3.61. The Morgan fingerprint density at radius 1 is 0.917 bits per heavy atom. The van der Waals surface area contributed by atoms with Crippen LogP contribution in [-0.4, -0.2) is 24.7 Å². The SMILES string of the molecule is Cc1ccc(S(=O)(=O)[C@@]23[C@@H]4[C@H]5[C@H]2[C@@H]2C[C@H]5C(=O)[C@H]4C[C@@H]3C2=O)cc1. The second kappa shape index (κ2) is 3.69. The van der Waals surface area contributed by atoms with Crippen molar-refractivity contribution in [2.45, 2.75) is 29.4 Å². The van der Waals surface area contributed by atoms with Crippen molar-refractivity contribution in [2.24, 2.45) is 41.4 Å². The Labute approximate surface area is 140 Å². The Kier molecular flexibility index (Phi) is 2.12. The third-order valence-electron chi connectivity index (χ3n) is 7.98. The fourth-order valence-electron chi connectivity index (χ4n) is 7.45. The van der Waals surface area contributed by atoms with E-state index in [1.54, 1.807) is 12.1 Å². The average molecular weight is 342 g/mol. The van der Waals surface area contributed by atoms with Gasteiger partial charge in [-0.05, 0) is 49.7 Å². The van der Waals surface area contributed by atoms with Crippen LogP contribution >= 0.6 is 0 Å². The van der Waals surface area contributed by atoms with Crippen molar-refractivity contribution in [2.75, 3.05) is 0 Å². The molecule has 5 saturated carbocycles. The Morgan fingerprint density at radius 2 is 1.54 bits per heavy atom. The van der Waals surface area contributed by atoms with Crippen LogP contribution in [0.15, 0.2) is 29.2 Å². The minimum Gasteiger partial charge on any atom is -0.299 e. The van der Waals surface area contributed by atoms with Crippen molar-refractivity contribution >= 4 is 21.4 Å². The molecule has 5 fully saturated rings. The maximum Gasteiger partial charge on any atom is 0.185 e. The molecule has 0 bridgehead atoms. The number of hydrogen-bond donors (Lipinski definition) is 0. The van der Waals surface area contributed by atoms with Gasteiger partial charge in [-0.1, -0.05) is 17.7 Å². The largest absolute Gasteiger partial charge is 0.299 e. The molecule has 4 nitrogen and oxygen atoms in total. The number of hydrogen-bond acceptors (Lipinski definition) is 4. The summed E-state index contributed by atoms with van der Waals surface area (Å²) >= 11 is 0. The van der Waals surface area contributed by atoms with Crippen LogP contribution in [0.25, 0.3) is 0 Å². The first kappa shape index (κ1) is 13.8. The molecule has 24 heavy (non-hydrogen) atoms. The number of rotatable bonds is 2. The lowest BCUT2D eigenvalue weighted by molar-refractivity contribution is -0.128. The van der Waals surface area contributed by atoms with E-state index in [1.165, 1.54) is 0 Å². The summed E-state index contributed by atoms with van der Waals surface area (Å²) in [5, 5.41) is 0. The molecule has 0 amide bonds. The number of aryl methyl sites for hydroxylation is 1. The number of ketones is 2. The molecule has 0 saturated heterocycles. The molecule has 0 N–H and O–H groups in total. The van der Waals surface area contributed by atoms with E-state index in [0.717, 1.165) is 5.56 Å². The highest BCUT2D eigenvalue weighted by Crippen LogP contribution is 2.82. The van der Waals surface area contributed by atoms with Crippen LogP contribution in [0, 0.1) is 48.3 Å². The van der Waals surface area contributed by atoms with Crippen molar-refractivity contribution in [3.05, 3.63) is 29.8 Å². The van der Waals surface area contributed by atoms with E-state index in [-0.39, 0.29) is 47.1 Å². The predicted octanol–water partition coefficient (Wildman–Crippen LogP) is 1.81. The topological polar surface area (TPSA) is 68.3 Å². The first-order valence-electron chi connectivity index (χ1n) is 8.79. The van der Waals surface area contributed by atoms with Gasteiger partial charge in [-0.2, -0.15) is 0 Å². The van der Waals surface area contributed by atoms with Gasteiger partial charge in [0.25, 0.3) is 0 Å². The van der Waals surface area contributed by atoms with E-state index in [0.29, 0.717) is 17.7 Å². The molecule has 0 aliphatic heterocycles. The van der Waals surface area contributed by atoms with Crippen LogP contribution in [0.3, 0.4) is 0 Å². The van der Waals surface area contributed by atoms with Crippen molar-refractivity contribution in [1.29, 1.82) is 0 Å². The summed E-state index contributed by atoms with van der Waals surface area (Å²) in [7, 11) is -3.61. The van der Waals surface area contributed by atoms with E-state index in [1.807, 2.05) is 19.1 Å². The van der Waals surface area contributed by atoms with Crippen LogP contribution in [0.4, 0.5) is 0 Å². The zero-order valence-corrected chi connectivity index (χ0v) is 14.1. The van der Waals surface area contributed by atoms with E-state index in [2.05, 4.69) is 0 Å². The smallest absolute Gasteiger partial charge is 0.185 e. The zero-order chi connectivity index (χ0) is 16.6. The highest BCUT2D eigenvalue weighted by atomic mass is 32.2. The number of sulfone groups is 1. The van der Waals surface area contributed by atoms with Crippen molar-refractivity contribution in [3.63, 3.8) is 0 Å². The van der Waals surface area contributed by atoms with Gasteiger partial charge in [-0.25, -0.2) is 8.42 Å². The van der Waals surface area contributed by atoms with Gasteiger partial charge in [-0.3, -0.25) is 9.59 Å². The first-order valence-corrected chi connectivity index (χ1v) is 10.3. The van der Waals surface area contributed by atoms with Gasteiger partial charge in [0.1, 0.15) is 11.6 Å². The summed E-state index contributed by atoms with van der Waals surface area (Å²) < 4.78 is 26.4. The maximum atomic E-state index is 13.7. The quantitative estimate of drug-likeness (QED) is 0.822. The second-order valence-electron chi connectivity index (χ2n) is 8.45. The lowest BCUT2D eigenvalue weighted by Gasteiger charge is -2.53. The van der Waals surface area contributed by atoms with Crippen LogP contribution in [0.2, 0.25) is 0 Å². The molecule has 5 heteroatoms. The van der Waals surface area contributed by atoms with Crippen LogP contribution in [0.1, 0.15) is 18.4 Å². The molecule has 0 spiro atoms. The molecule has 124 valence electrons. The van der Waals surface area contributed by atoms with Crippen LogP contribution < -0.4 is 0 Å². The lowest BCUT2D eigenvalue weighted by atomic mass is 9.59. The van der Waals surface area contributed by atoms with E-state index in [9.17, 15) is 18.0 Å². The van der Waals surface area contributed by atoms with Crippen molar-refractivity contribution in [3.8, 4) is 0 Å². The summed E-state index contributed by atoms with van der Waals surface area (Å²) in [6.07, 6.45) is 1.09. The van der Waals surface area contributed by atoms with E-state index >= 15 is 0 Å². The first-order chi connectivity index (χ1) is 11.4. The molecule has 0 radical (unpaired) electrons. The zero-order valence-electron chi connectivity index (χ0n) is 13.3. The molecule has 8 atom stereocenters. The predicted molar refractivity (Wildman–Crippen MR) is 84.8 cm³/mol. The summed E-state index contributed by atoms with van der Waals surface area (Å²) in [6.45, 7) is 1.93. The van der Waals surface area contributed by atoms with E-state index < -0.39 is 20.5 Å². The van der Waals surface area contributed by atoms with Crippen LogP contribution in [0.5, 0.6) is 0 Å². The molecule has 6 rings (SSSR count). The number of carbonyl (C=O) groups is 2. The highest BCUT2D eigenvalue weighted by molar-refractivity contribution is 7.93. The maximum absolute atomic E-state index is 13.7. The molecule has 1 aromatic carbocycles. The summed E-state index contributed by atoms with van der Waals surface area (Å²) in [4.78, 5) is 25.9. The van der Waals surface area contributed by atoms with Crippen molar-refractivity contribution in [1.82, 2.24) is 0 Å². The van der Waals surface area contributed by atoms with Gasteiger partial charge in [0.2, 0.25) is 0 Å². The Balaban J connectivity index is 1.61. The molecule has 1 aromatic rings. The fourth-order valence-corrected chi connectivity index (χ4v) is 10.3. The number of Topliss-reactive ketones (excluding diaryl/α,β-unsaturated/α-hetero) is 2. The fraction of sp³-hybridized carbons (Fsp3) is 0.579. The summed E-state index contributed by atoms with van der Waals surface area (Å²) in [5.74, 6) is -0.519. The van der Waals surface area contributed by atoms with Gasteiger partial charge in [0.05, 0.1) is 9.64 Å². The molecule has 0 heterocycles. The van der Waals surface area contributed by atoms with Gasteiger partial charge >= 0.3 is 0 Å². The van der Waals surface area contributed by atoms with Gasteiger partial charge in [-0.15, -0.1) is 0 Å². The third kappa shape index (κ3) is 1.07. The van der Waals surface area contributed by atoms with Gasteiger partial charge in [0.15, 0.2) is 9.84 Å². The molecular weight excluding hydrogens is 324 g/mol. The summed E-state index contributed by atoms with van der Waals surface area (Å²) in [5.41, 5.74) is 1.01. The number of benzene rings is 1. The van der Waals surface area contributed by atoms with Gasteiger partial charge < -0.3 is 0 Å². The van der Waals surface area contributed by atoms with E-state index in [4.69, 9.17) is 0 Å². The average Bonchev–Trinajstić information content (AvgIpc) is 3.14. The summed E-state index contributed by atoms with van der Waals surface area (Å²) in [6, 6.07) is 6.97. The highest BCUT2D eigenvalue weighted by Gasteiger charge is 2.90. The Bertz CT molecular complexity index is 919. The molecule has 5 aliphatic rings. The van der Waals surface area contributed by atoms with Crippen LogP contribution in [-0.2, 0) is 19.4 Å². The normalized spacial score (nSPS) is 49.8. The molecule has 5 aliphatic carbocycles. The standard InChI is InChI=1S/C19H18O4S/c1-8-2-4-9(5-3-8)24(22,23)19-13-7-12-16(19)14-10(17(12)20)6-11(15(14)19)18(13)21/h2-5,10-16H,6-7H2,1H3/t10-,11+,12+,13-,14-,15-,16+,19-/m1/s1. The van der Waals surface area contributed by atoms with Crippen molar-refractivity contribution < 1.29 is 18.0 Å². The lowest BCUT2D eigenvalue weighted by Crippen LogP contribution is -2.63. The van der Waals surface area contributed by atoms with Gasteiger partial charge in [0, 0.05) is 23.7 Å². The Hall–Kier alpha value is -1.49.